The fourth-order valence-electron chi connectivity index (χ4n) is 1.85. The molecule has 0 aliphatic carbocycles. The van der Waals surface area contributed by atoms with Gasteiger partial charge in [0.15, 0.2) is 0 Å². The number of hydrogen-bond acceptors (Lipinski definition) is 4. The van der Waals surface area contributed by atoms with E-state index < -0.39 is 11.8 Å². The van der Waals surface area contributed by atoms with Crippen LogP contribution in [0.2, 0.25) is 5.02 Å². The summed E-state index contributed by atoms with van der Waals surface area (Å²) in [6.45, 7) is -0.0964. The van der Waals surface area contributed by atoms with Crippen LogP contribution in [0.1, 0.15) is 10.4 Å². The van der Waals surface area contributed by atoms with E-state index in [2.05, 4.69) is 15.4 Å². The summed E-state index contributed by atoms with van der Waals surface area (Å²) in [7, 11) is 1.27. The van der Waals surface area contributed by atoms with Gasteiger partial charge in [-0.1, -0.05) is 17.7 Å². The molecule has 2 rings (SSSR count). The molecule has 0 radical (unpaired) electrons. The first-order chi connectivity index (χ1) is 11.0. The Kier molecular flexibility index (Phi) is 5.54. The van der Waals surface area contributed by atoms with E-state index in [1.807, 2.05) is 0 Å². The maximum atomic E-state index is 13.0. The van der Waals surface area contributed by atoms with Crippen molar-refractivity contribution in [2.75, 3.05) is 24.3 Å². The van der Waals surface area contributed by atoms with Crippen LogP contribution in [0.4, 0.5) is 15.8 Å². The van der Waals surface area contributed by atoms with Gasteiger partial charge in [-0.05, 0) is 36.4 Å². The molecular formula is C16H14ClFN2O3. The lowest BCUT2D eigenvalue weighted by Gasteiger charge is -2.10. The number of amides is 1. The Bertz CT molecular complexity index is 737. The van der Waals surface area contributed by atoms with Crippen LogP contribution >= 0.6 is 11.6 Å². The third kappa shape index (κ3) is 4.69. The van der Waals surface area contributed by atoms with Crippen LogP contribution in [0.25, 0.3) is 0 Å². The lowest BCUT2D eigenvalue weighted by molar-refractivity contribution is -0.114. The minimum absolute atomic E-state index is 0.0964. The highest BCUT2D eigenvalue weighted by atomic mass is 35.5. The topological polar surface area (TPSA) is 67.4 Å². The second-order valence-corrected chi connectivity index (χ2v) is 5.01. The van der Waals surface area contributed by atoms with Crippen molar-refractivity contribution in [2.45, 2.75) is 0 Å². The van der Waals surface area contributed by atoms with Crippen molar-refractivity contribution >= 4 is 34.9 Å². The first-order valence-corrected chi connectivity index (χ1v) is 7.04. The molecule has 0 atom stereocenters. The smallest absolute Gasteiger partial charge is 0.337 e. The molecule has 0 aromatic heterocycles. The molecule has 0 fully saturated rings. The van der Waals surface area contributed by atoms with Crippen molar-refractivity contribution in [2.24, 2.45) is 0 Å². The highest BCUT2D eigenvalue weighted by Gasteiger charge is 2.10. The molecule has 0 saturated heterocycles. The first-order valence-electron chi connectivity index (χ1n) is 6.67. The molecule has 23 heavy (non-hydrogen) atoms. The fraction of sp³-hybridized carbons (Fsp3) is 0.125. The predicted molar refractivity (Wildman–Crippen MR) is 86.3 cm³/mol. The number of esters is 1. The average molecular weight is 337 g/mol. The molecular weight excluding hydrogens is 323 g/mol. The molecule has 0 saturated carbocycles. The summed E-state index contributed by atoms with van der Waals surface area (Å²) in [5, 5.41) is 5.72. The van der Waals surface area contributed by atoms with Gasteiger partial charge in [0.1, 0.15) is 5.82 Å². The molecule has 120 valence electrons. The van der Waals surface area contributed by atoms with E-state index in [0.717, 1.165) is 0 Å². The molecule has 0 aliphatic rings. The zero-order valence-electron chi connectivity index (χ0n) is 12.2. The van der Waals surface area contributed by atoms with E-state index in [4.69, 9.17) is 11.6 Å². The van der Waals surface area contributed by atoms with Gasteiger partial charge in [0, 0.05) is 5.69 Å². The maximum Gasteiger partial charge on any atom is 0.337 e. The van der Waals surface area contributed by atoms with E-state index in [9.17, 15) is 14.0 Å². The normalized spacial score (nSPS) is 10.0. The maximum absolute atomic E-state index is 13.0. The Balaban J connectivity index is 2.00. The predicted octanol–water partition coefficient (Wildman–Crippen LogP) is 3.32. The molecule has 0 aliphatic heterocycles. The Morgan fingerprint density at radius 3 is 2.70 bits per heavy atom. The van der Waals surface area contributed by atoms with Crippen LogP contribution in [-0.4, -0.2) is 25.5 Å². The van der Waals surface area contributed by atoms with Gasteiger partial charge in [-0.25, -0.2) is 9.18 Å². The molecule has 2 aromatic rings. The monoisotopic (exact) mass is 336 g/mol. The Morgan fingerprint density at radius 2 is 2.00 bits per heavy atom. The van der Waals surface area contributed by atoms with Gasteiger partial charge in [-0.15, -0.1) is 0 Å². The van der Waals surface area contributed by atoms with Crippen molar-refractivity contribution in [1.29, 1.82) is 0 Å². The van der Waals surface area contributed by atoms with Gasteiger partial charge in [-0.3, -0.25) is 4.79 Å². The van der Waals surface area contributed by atoms with Gasteiger partial charge in [-0.2, -0.15) is 0 Å². The SMILES string of the molecule is COC(=O)c1ccc(Cl)c(NCC(=O)Nc2cccc(F)c2)c1. The van der Waals surface area contributed by atoms with Crippen molar-refractivity contribution in [1.82, 2.24) is 0 Å². The van der Waals surface area contributed by atoms with E-state index in [0.29, 0.717) is 22.0 Å². The molecule has 0 unspecified atom stereocenters. The third-order valence-corrected chi connectivity index (χ3v) is 3.26. The molecule has 0 heterocycles. The second kappa shape index (κ2) is 7.60. The quantitative estimate of drug-likeness (QED) is 0.822. The zero-order valence-corrected chi connectivity index (χ0v) is 13.0. The number of nitrogens with one attached hydrogen (secondary N) is 2. The number of halogens is 2. The standard InChI is InChI=1S/C16H14ClFN2O3/c1-23-16(22)10-5-6-13(17)14(7-10)19-9-15(21)20-12-4-2-3-11(18)8-12/h2-8,19H,9H2,1H3,(H,20,21). The van der Waals surface area contributed by atoms with Gasteiger partial charge in [0.05, 0.1) is 29.9 Å². The van der Waals surface area contributed by atoms with Crippen LogP contribution in [0, 0.1) is 5.82 Å². The average Bonchev–Trinajstić information content (AvgIpc) is 2.53. The van der Waals surface area contributed by atoms with Gasteiger partial charge in [0.25, 0.3) is 0 Å². The van der Waals surface area contributed by atoms with Crippen LogP contribution in [0.3, 0.4) is 0 Å². The number of carbonyl (C=O) groups is 2. The van der Waals surface area contributed by atoms with Crippen molar-refractivity contribution in [3.05, 3.63) is 58.9 Å². The largest absolute Gasteiger partial charge is 0.465 e. The van der Waals surface area contributed by atoms with Gasteiger partial charge in [0.2, 0.25) is 5.91 Å². The first kappa shape index (κ1) is 16.8. The van der Waals surface area contributed by atoms with E-state index in [1.165, 1.54) is 43.5 Å². The zero-order chi connectivity index (χ0) is 16.8. The van der Waals surface area contributed by atoms with Crippen LogP contribution < -0.4 is 10.6 Å². The summed E-state index contributed by atoms with van der Waals surface area (Å²) in [5.41, 5.74) is 1.08. The van der Waals surface area contributed by atoms with E-state index in [-0.39, 0.29) is 12.5 Å². The number of anilines is 2. The van der Waals surface area contributed by atoms with Gasteiger partial charge < -0.3 is 15.4 Å². The van der Waals surface area contributed by atoms with Crippen LogP contribution in [-0.2, 0) is 9.53 Å². The van der Waals surface area contributed by atoms with Crippen molar-refractivity contribution < 1.29 is 18.7 Å². The number of hydrogen-bond donors (Lipinski definition) is 2. The highest BCUT2D eigenvalue weighted by Crippen LogP contribution is 2.23. The Hall–Kier alpha value is -2.60. The summed E-state index contributed by atoms with van der Waals surface area (Å²) in [6.07, 6.45) is 0. The second-order valence-electron chi connectivity index (χ2n) is 4.60. The summed E-state index contributed by atoms with van der Waals surface area (Å²) < 4.78 is 17.7. The molecule has 7 heteroatoms. The molecule has 5 nitrogen and oxygen atoms in total. The lowest BCUT2D eigenvalue weighted by atomic mass is 10.2. The van der Waals surface area contributed by atoms with Crippen molar-refractivity contribution in [3.8, 4) is 0 Å². The number of ether oxygens (including phenoxy) is 1. The summed E-state index contributed by atoms with van der Waals surface area (Å²) in [5.74, 6) is -1.33. The van der Waals surface area contributed by atoms with E-state index >= 15 is 0 Å². The minimum Gasteiger partial charge on any atom is -0.465 e. The Labute approximate surface area is 137 Å². The van der Waals surface area contributed by atoms with E-state index in [1.54, 1.807) is 6.07 Å². The Morgan fingerprint density at radius 1 is 1.22 bits per heavy atom. The molecule has 2 N–H and O–H groups in total. The number of benzene rings is 2. The minimum atomic E-state index is -0.506. The number of methoxy groups -OCH3 is 1. The summed E-state index contributed by atoms with van der Waals surface area (Å²) in [4.78, 5) is 23.3. The highest BCUT2D eigenvalue weighted by molar-refractivity contribution is 6.33. The van der Waals surface area contributed by atoms with Crippen LogP contribution in [0.15, 0.2) is 42.5 Å². The third-order valence-electron chi connectivity index (χ3n) is 2.94. The molecule has 0 bridgehead atoms. The lowest BCUT2D eigenvalue weighted by Crippen LogP contribution is -2.22. The fourth-order valence-corrected chi connectivity index (χ4v) is 2.04. The van der Waals surface area contributed by atoms with Crippen LogP contribution in [0.5, 0.6) is 0 Å². The summed E-state index contributed by atoms with van der Waals surface area (Å²) >= 11 is 6.01. The number of carbonyl (C=O) groups excluding carboxylic acids is 2. The number of rotatable bonds is 5. The van der Waals surface area contributed by atoms with Gasteiger partial charge >= 0.3 is 5.97 Å². The van der Waals surface area contributed by atoms with Crippen molar-refractivity contribution in [3.63, 3.8) is 0 Å². The molecule has 0 spiro atoms. The molecule has 2 aromatic carbocycles. The summed E-state index contributed by atoms with van der Waals surface area (Å²) in [6, 6.07) is 10.1. The molecule has 1 amide bonds.